The number of hydrogen-bond acceptors (Lipinski definition) is 2. The third-order valence-corrected chi connectivity index (χ3v) is 9.41. The lowest BCUT2D eigenvalue weighted by Crippen LogP contribution is -2.50. The van der Waals surface area contributed by atoms with Crippen LogP contribution in [-0.4, -0.2) is 21.5 Å². The van der Waals surface area contributed by atoms with Crippen molar-refractivity contribution < 1.29 is 9.16 Å². The maximum atomic E-state index is 6.93. The van der Waals surface area contributed by atoms with Gasteiger partial charge in [-0.25, -0.2) is 0 Å². The first kappa shape index (κ1) is 17.8. The molecule has 4 rings (SSSR count). The van der Waals surface area contributed by atoms with Crippen LogP contribution in [0.15, 0.2) is 48.5 Å². The molecule has 0 N–H and O–H groups in total. The lowest BCUT2D eigenvalue weighted by Gasteiger charge is -2.44. The van der Waals surface area contributed by atoms with Crippen molar-refractivity contribution in [1.82, 2.24) is 0 Å². The minimum absolute atomic E-state index is 0.251. The van der Waals surface area contributed by atoms with Gasteiger partial charge in [-0.3, -0.25) is 0 Å². The lowest BCUT2D eigenvalue weighted by atomic mass is 9.66. The monoisotopic (exact) mass is 366 g/mol. The highest BCUT2D eigenvalue weighted by molar-refractivity contribution is 6.84. The van der Waals surface area contributed by atoms with Gasteiger partial charge < -0.3 is 9.16 Å². The molecule has 2 aliphatic carbocycles. The Kier molecular flexibility index (Phi) is 4.48. The van der Waals surface area contributed by atoms with Gasteiger partial charge in [0.2, 0.25) is 8.32 Å². The Hall–Kier alpha value is -1.58. The number of aryl methyl sites for hydroxylation is 1. The summed E-state index contributed by atoms with van der Waals surface area (Å²) in [7, 11) is -0.140. The van der Waals surface area contributed by atoms with Gasteiger partial charge in [0.05, 0.1) is 13.2 Å². The first-order chi connectivity index (χ1) is 12.4. The van der Waals surface area contributed by atoms with E-state index in [4.69, 9.17) is 9.16 Å². The number of ether oxygens (including phenoxy) is 1. The fourth-order valence-corrected chi connectivity index (χ4v) is 7.40. The Labute approximate surface area is 158 Å². The van der Waals surface area contributed by atoms with Gasteiger partial charge >= 0.3 is 0 Å². The molecular formula is C23H30O2Si. The SMILES string of the molecule is COc1ccc2c(c1)CC[C@@]1(C)[C@@H](O[Si](C)(C)c3ccccc3)CC[C@@H]21. The van der Waals surface area contributed by atoms with Gasteiger partial charge in [0.25, 0.3) is 0 Å². The first-order valence-electron chi connectivity index (χ1n) is 9.84. The minimum Gasteiger partial charge on any atom is -0.497 e. The molecule has 0 amide bonds. The second-order valence-corrected chi connectivity index (χ2v) is 12.5. The average molecular weight is 367 g/mol. The molecule has 0 bridgehead atoms. The van der Waals surface area contributed by atoms with Crippen molar-refractivity contribution in [3.05, 3.63) is 59.7 Å². The molecule has 2 aromatic rings. The lowest BCUT2D eigenvalue weighted by molar-refractivity contribution is 0.0616. The Morgan fingerprint density at radius 1 is 1.04 bits per heavy atom. The predicted molar refractivity (Wildman–Crippen MR) is 110 cm³/mol. The van der Waals surface area contributed by atoms with Gasteiger partial charge in [0.1, 0.15) is 5.75 Å². The van der Waals surface area contributed by atoms with Gasteiger partial charge in [0, 0.05) is 0 Å². The highest BCUT2D eigenvalue weighted by Crippen LogP contribution is 2.57. The molecule has 26 heavy (non-hydrogen) atoms. The Bertz CT molecular complexity index is 786. The van der Waals surface area contributed by atoms with Crippen LogP contribution in [0.3, 0.4) is 0 Å². The van der Waals surface area contributed by atoms with Gasteiger partial charge in [0.15, 0.2) is 0 Å². The van der Waals surface area contributed by atoms with E-state index in [-0.39, 0.29) is 5.41 Å². The number of fused-ring (bicyclic) bond motifs is 3. The summed E-state index contributed by atoms with van der Waals surface area (Å²) in [6.07, 6.45) is 5.12. The molecule has 3 heteroatoms. The zero-order valence-corrected chi connectivity index (χ0v) is 17.4. The molecule has 0 aliphatic heterocycles. The Morgan fingerprint density at radius 3 is 2.54 bits per heavy atom. The molecule has 3 atom stereocenters. The smallest absolute Gasteiger partial charge is 0.218 e. The van der Waals surface area contributed by atoms with E-state index in [0.717, 1.165) is 12.2 Å². The molecule has 0 spiro atoms. The topological polar surface area (TPSA) is 18.5 Å². The van der Waals surface area contributed by atoms with E-state index >= 15 is 0 Å². The van der Waals surface area contributed by atoms with Crippen molar-refractivity contribution in [2.75, 3.05) is 7.11 Å². The zero-order chi connectivity index (χ0) is 18.4. The predicted octanol–water partition coefficient (Wildman–Crippen LogP) is 5.02. The van der Waals surface area contributed by atoms with Crippen LogP contribution in [0.2, 0.25) is 13.1 Å². The maximum absolute atomic E-state index is 6.93. The summed E-state index contributed by atoms with van der Waals surface area (Å²) < 4.78 is 12.4. The molecule has 0 saturated heterocycles. The molecule has 0 radical (unpaired) electrons. The highest BCUT2D eigenvalue weighted by Gasteiger charge is 2.51. The fraction of sp³-hybridized carbons (Fsp3) is 0.478. The van der Waals surface area contributed by atoms with Crippen LogP contribution in [-0.2, 0) is 10.8 Å². The molecule has 2 aromatic carbocycles. The quantitative estimate of drug-likeness (QED) is 0.707. The Morgan fingerprint density at radius 2 is 1.81 bits per heavy atom. The number of methoxy groups -OCH3 is 1. The van der Waals surface area contributed by atoms with Crippen molar-refractivity contribution >= 4 is 13.5 Å². The first-order valence-corrected chi connectivity index (χ1v) is 12.7. The highest BCUT2D eigenvalue weighted by atomic mass is 28.4. The summed E-state index contributed by atoms with van der Waals surface area (Å²) in [5, 5.41) is 1.40. The van der Waals surface area contributed by atoms with E-state index < -0.39 is 8.32 Å². The van der Waals surface area contributed by atoms with Crippen LogP contribution < -0.4 is 9.92 Å². The molecule has 2 aliphatic rings. The Balaban J connectivity index is 1.60. The van der Waals surface area contributed by atoms with Gasteiger partial charge in [-0.1, -0.05) is 43.3 Å². The second kappa shape index (κ2) is 6.54. The largest absolute Gasteiger partial charge is 0.497 e. The average Bonchev–Trinajstić information content (AvgIpc) is 2.98. The molecule has 0 unspecified atom stereocenters. The summed E-state index contributed by atoms with van der Waals surface area (Å²) in [6, 6.07) is 17.5. The van der Waals surface area contributed by atoms with Crippen LogP contribution in [0.1, 0.15) is 43.2 Å². The van der Waals surface area contributed by atoms with Crippen LogP contribution in [0.5, 0.6) is 5.75 Å². The van der Waals surface area contributed by atoms with Gasteiger partial charge in [-0.15, -0.1) is 0 Å². The third-order valence-electron chi connectivity index (χ3n) is 6.81. The molecule has 1 fully saturated rings. The van der Waals surface area contributed by atoms with Crippen molar-refractivity contribution in [2.45, 2.75) is 57.7 Å². The molecular weight excluding hydrogens is 336 g/mol. The van der Waals surface area contributed by atoms with E-state index in [9.17, 15) is 0 Å². The number of rotatable bonds is 4. The van der Waals surface area contributed by atoms with Crippen LogP contribution >= 0.6 is 0 Å². The van der Waals surface area contributed by atoms with E-state index in [0.29, 0.717) is 12.0 Å². The zero-order valence-electron chi connectivity index (χ0n) is 16.4. The van der Waals surface area contributed by atoms with E-state index in [2.05, 4.69) is 68.5 Å². The standard InChI is InChI=1S/C23H30O2Si/c1-23-15-14-17-16-18(24-2)10-11-20(17)21(23)12-13-22(23)25-26(3,4)19-8-6-5-7-9-19/h5-11,16,21-22H,12-15H2,1-4H3/t21-,22-,23+/m0/s1. The summed E-state index contributed by atoms with van der Waals surface area (Å²) in [5.41, 5.74) is 3.26. The van der Waals surface area contributed by atoms with E-state index in [1.165, 1.54) is 35.6 Å². The maximum Gasteiger partial charge on any atom is 0.218 e. The number of benzene rings is 2. The summed E-state index contributed by atoms with van der Waals surface area (Å²) in [5.74, 6) is 1.60. The fourth-order valence-electron chi connectivity index (χ4n) is 5.17. The van der Waals surface area contributed by atoms with Crippen LogP contribution in [0.4, 0.5) is 0 Å². The minimum atomic E-state index is -1.89. The summed E-state index contributed by atoms with van der Waals surface area (Å²) >= 11 is 0. The normalized spacial score (nSPS) is 27.7. The van der Waals surface area contributed by atoms with Crippen LogP contribution in [0, 0.1) is 5.41 Å². The van der Waals surface area contributed by atoms with E-state index in [1.807, 2.05) is 0 Å². The van der Waals surface area contributed by atoms with Crippen molar-refractivity contribution in [2.24, 2.45) is 5.41 Å². The van der Waals surface area contributed by atoms with Crippen molar-refractivity contribution in [3.63, 3.8) is 0 Å². The molecule has 1 saturated carbocycles. The van der Waals surface area contributed by atoms with E-state index in [1.54, 1.807) is 7.11 Å². The van der Waals surface area contributed by atoms with Crippen LogP contribution in [0.25, 0.3) is 0 Å². The molecule has 0 heterocycles. The number of hydrogen-bond donors (Lipinski definition) is 0. The second-order valence-electron chi connectivity index (χ2n) is 8.68. The van der Waals surface area contributed by atoms with Crippen molar-refractivity contribution in [3.8, 4) is 5.75 Å². The van der Waals surface area contributed by atoms with Gasteiger partial charge in [-0.05, 0) is 78.6 Å². The summed E-state index contributed by atoms with van der Waals surface area (Å²) in [6.45, 7) is 7.17. The molecule has 2 nitrogen and oxygen atoms in total. The third kappa shape index (κ3) is 2.91. The molecule has 138 valence electrons. The van der Waals surface area contributed by atoms with Gasteiger partial charge in [-0.2, -0.15) is 0 Å². The van der Waals surface area contributed by atoms with Crippen molar-refractivity contribution in [1.29, 1.82) is 0 Å². The molecule has 0 aromatic heterocycles. The summed E-state index contributed by atoms with van der Waals surface area (Å²) in [4.78, 5) is 0.